The van der Waals surface area contributed by atoms with Gasteiger partial charge in [0.2, 0.25) is 0 Å². The van der Waals surface area contributed by atoms with Gasteiger partial charge in [-0.05, 0) is 31.6 Å². The van der Waals surface area contributed by atoms with Crippen molar-refractivity contribution in [2.24, 2.45) is 5.92 Å². The summed E-state index contributed by atoms with van der Waals surface area (Å²) in [6.07, 6.45) is 5.43. The molecule has 1 spiro atoms. The van der Waals surface area contributed by atoms with Gasteiger partial charge in [-0.25, -0.2) is 0 Å². The Morgan fingerprint density at radius 3 is 2.33 bits per heavy atom. The van der Waals surface area contributed by atoms with E-state index in [0.29, 0.717) is 5.60 Å². The molecule has 1 nitrogen and oxygen atoms in total. The summed E-state index contributed by atoms with van der Waals surface area (Å²) in [5, 5.41) is 0. The molecule has 1 heteroatoms. The highest BCUT2D eigenvalue weighted by Crippen LogP contribution is 2.43. The van der Waals surface area contributed by atoms with Gasteiger partial charge in [0.15, 0.2) is 0 Å². The van der Waals surface area contributed by atoms with Gasteiger partial charge in [0.25, 0.3) is 0 Å². The van der Waals surface area contributed by atoms with E-state index in [1.807, 2.05) is 0 Å². The fraction of sp³-hybridized carbons (Fsp3) is 1.00. The fourth-order valence-corrected chi connectivity index (χ4v) is 1.68. The van der Waals surface area contributed by atoms with Crippen LogP contribution in [0.15, 0.2) is 0 Å². The van der Waals surface area contributed by atoms with Crippen molar-refractivity contribution in [3.05, 3.63) is 0 Å². The average Bonchev–Trinajstić information content (AvgIpc) is 2.60. The lowest BCUT2D eigenvalue weighted by Crippen LogP contribution is -2.19. The SMILES string of the molecule is C[C@H]1CC[C@@]2(CC1)CO2. The average molecular weight is 126 g/mol. The van der Waals surface area contributed by atoms with Crippen molar-refractivity contribution < 1.29 is 4.74 Å². The molecular weight excluding hydrogens is 112 g/mol. The molecule has 0 bridgehead atoms. The second-order valence-corrected chi connectivity index (χ2v) is 3.65. The predicted octanol–water partition coefficient (Wildman–Crippen LogP) is 1.97. The minimum absolute atomic E-state index is 0.409. The van der Waals surface area contributed by atoms with Gasteiger partial charge in [-0.3, -0.25) is 0 Å². The van der Waals surface area contributed by atoms with Crippen LogP contribution < -0.4 is 0 Å². The molecule has 2 fully saturated rings. The molecule has 2 rings (SSSR count). The maximum Gasteiger partial charge on any atom is 0.0916 e. The van der Waals surface area contributed by atoms with E-state index in [4.69, 9.17) is 4.74 Å². The maximum atomic E-state index is 5.39. The van der Waals surface area contributed by atoms with E-state index in [1.54, 1.807) is 0 Å². The summed E-state index contributed by atoms with van der Waals surface area (Å²) >= 11 is 0. The summed E-state index contributed by atoms with van der Waals surface area (Å²) in [5.41, 5.74) is 0.409. The zero-order chi connectivity index (χ0) is 6.32. The highest BCUT2D eigenvalue weighted by Gasteiger charge is 2.45. The summed E-state index contributed by atoms with van der Waals surface area (Å²) in [6, 6.07) is 0. The van der Waals surface area contributed by atoms with Crippen LogP contribution in [0.1, 0.15) is 32.6 Å². The van der Waals surface area contributed by atoms with Gasteiger partial charge in [-0.2, -0.15) is 0 Å². The lowest BCUT2D eigenvalue weighted by Gasteiger charge is -2.22. The van der Waals surface area contributed by atoms with Gasteiger partial charge in [-0.1, -0.05) is 6.92 Å². The van der Waals surface area contributed by atoms with Crippen molar-refractivity contribution >= 4 is 0 Å². The molecule has 0 radical (unpaired) electrons. The normalized spacial score (nSPS) is 49.7. The Kier molecular flexibility index (Phi) is 1.10. The summed E-state index contributed by atoms with van der Waals surface area (Å²) in [4.78, 5) is 0. The van der Waals surface area contributed by atoms with Gasteiger partial charge in [0.05, 0.1) is 12.2 Å². The lowest BCUT2D eigenvalue weighted by atomic mass is 9.83. The molecule has 0 aromatic carbocycles. The van der Waals surface area contributed by atoms with E-state index >= 15 is 0 Å². The number of ether oxygens (including phenoxy) is 1. The number of epoxide rings is 1. The Morgan fingerprint density at radius 1 is 1.33 bits per heavy atom. The van der Waals surface area contributed by atoms with Crippen LogP contribution >= 0.6 is 0 Å². The van der Waals surface area contributed by atoms with Gasteiger partial charge in [0, 0.05) is 0 Å². The van der Waals surface area contributed by atoms with Crippen molar-refractivity contribution in [3.63, 3.8) is 0 Å². The van der Waals surface area contributed by atoms with E-state index in [-0.39, 0.29) is 0 Å². The molecule has 0 aromatic rings. The monoisotopic (exact) mass is 126 g/mol. The molecule has 9 heavy (non-hydrogen) atoms. The molecule has 52 valence electrons. The first-order valence-electron chi connectivity index (χ1n) is 3.95. The number of hydrogen-bond acceptors (Lipinski definition) is 1. The largest absolute Gasteiger partial charge is 0.370 e. The lowest BCUT2D eigenvalue weighted by molar-refractivity contribution is 0.206. The second kappa shape index (κ2) is 1.72. The first-order chi connectivity index (χ1) is 4.31. The summed E-state index contributed by atoms with van der Waals surface area (Å²) < 4.78 is 5.39. The van der Waals surface area contributed by atoms with E-state index in [2.05, 4.69) is 6.92 Å². The molecule has 0 N–H and O–H groups in total. The topological polar surface area (TPSA) is 12.5 Å². The third kappa shape index (κ3) is 0.983. The molecule has 0 unspecified atom stereocenters. The Labute approximate surface area is 56.4 Å². The van der Waals surface area contributed by atoms with E-state index < -0.39 is 0 Å². The van der Waals surface area contributed by atoms with Crippen LogP contribution in [0.5, 0.6) is 0 Å². The molecule has 0 aromatic heterocycles. The van der Waals surface area contributed by atoms with Crippen LogP contribution in [-0.2, 0) is 4.74 Å². The zero-order valence-corrected chi connectivity index (χ0v) is 6.02. The van der Waals surface area contributed by atoms with E-state index in [1.165, 1.54) is 25.7 Å². The Bertz CT molecular complexity index is 106. The minimum Gasteiger partial charge on any atom is -0.370 e. The first kappa shape index (κ1) is 5.72. The van der Waals surface area contributed by atoms with Crippen molar-refractivity contribution in [2.45, 2.75) is 38.2 Å². The predicted molar refractivity (Wildman–Crippen MR) is 36.3 cm³/mol. The Balaban J connectivity index is 1.91. The Hall–Kier alpha value is -0.0400. The van der Waals surface area contributed by atoms with E-state index in [9.17, 15) is 0 Å². The highest BCUT2D eigenvalue weighted by atomic mass is 16.6. The number of rotatable bonds is 0. The highest BCUT2D eigenvalue weighted by molar-refractivity contribution is 4.95. The van der Waals surface area contributed by atoms with Gasteiger partial charge < -0.3 is 4.74 Å². The van der Waals surface area contributed by atoms with Crippen molar-refractivity contribution in [1.29, 1.82) is 0 Å². The van der Waals surface area contributed by atoms with Crippen LogP contribution in [0, 0.1) is 5.92 Å². The van der Waals surface area contributed by atoms with Crippen molar-refractivity contribution in [3.8, 4) is 0 Å². The molecule has 1 aliphatic carbocycles. The van der Waals surface area contributed by atoms with Crippen LogP contribution in [0.25, 0.3) is 0 Å². The van der Waals surface area contributed by atoms with Gasteiger partial charge in [-0.15, -0.1) is 0 Å². The number of hydrogen-bond donors (Lipinski definition) is 0. The molecular formula is C8H14O. The molecule has 1 saturated heterocycles. The Morgan fingerprint density at radius 2 is 1.89 bits per heavy atom. The van der Waals surface area contributed by atoms with Crippen LogP contribution in [0.2, 0.25) is 0 Å². The molecule has 2 aliphatic rings. The first-order valence-corrected chi connectivity index (χ1v) is 3.95. The quantitative estimate of drug-likeness (QED) is 0.452. The summed E-state index contributed by atoms with van der Waals surface area (Å²) in [6.45, 7) is 3.40. The third-order valence-corrected chi connectivity index (χ3v) is 2.74. The molecule has 1 saturated carbocycles. The van der Waals surface area contributed by atoms with Crippen LogP contribution in [0.4, 0.5) is 0 Å². The molecule has 0 atom stereocenters. The standard InChI is InChI=1S/C8H14O/c1-7-2-4-8(5-3-7)6-9-8/h7H,2-6H2,1H3/t7-,8+. The fourth-order valence-electron chi connectivity index (χ4n) is 1.68. The third-order valence-electron chi connectivity index (χ3n) is 2.74. The van der Waals surface area contributed by atoms with E-state index in [0.717, 1.165) is 12.5 Å². The van der Waals surface area contributed by atoms with Crippen molar-refractivity contribution in [2.75, 3.05) is 6.61 Å². The zero-order valence-electron chi connectivity index (χ0n) is 6.02. The smallest absolute Gasteiger partial charge is 0.0916 e. The maximum absolute atomic E-state index is 5.39. The minimum atomic E-state index is 0.409. The second-order valence-electron chi connectivity index (χ2n) is 3.65. The van der Waals surface area contributed by atoms with Crippen LogP contribution in [-0.4, -0.2) is 12.2 Å². The molecule has 0 amide bonds. The van der Waals surface area contributed by atoms with Crippen molar-refractivity contribution in [1.82, 2.24) is 0 Å². The van der Waals surface area contributed by atoms with Crippen LogP contribution in [0.3, 0.4) is 0 Å². The summed E-state index contributed by atoms with van der Waals surface area (Å²) in [5.74, 6) is 0.958. The molecule has 1 aliphatic heterocycles. The molecule has 1 heterocycles. The van der Waals surface area contributed by atoms with Gasteiger partial charge >= 0.3 is 0 Å². The van der Waals surface area contributed by atoms with Gasteiger partial charge in [0.1, 0.15) is 0 Å². The summed E-state index contributed by atoms with van der Waals surface area (Å²) in [7, 11) is 0.